The van der Waals surface area contributed by atoms with E-state index in [1.807, 2.05) is 42.5 Å². The smallest absolute Gasteiger partial charge is 0.230 e. The summed E-state index contributed by atoms with van der Waals surface area (Å²) in [6, 6.07) is 27.3. The largest absolute Gasteiger partial charge is 0.507 e. The Morgan fingerprint density at radius 2 is 1.65 bits per heavy atom. The van der Waals surface area contributed by atoms with E-state index in [4.69, 9.17) is 4.42 Å². The zero-order chi connectivity index (χ0) is 20.5. The predicted octanol–water partition coefficient (Wildman–Crippen LogP) is 5.60. The quantitative estimate of drug-likeness (QED) is 0.280. The molecule has 1 N–H and O–H groups in total. The number of aromatic nitrogens is 2. The normalized spacial score (nSPS) is 10.4. The first-order valence-corrected chi connectivity index (χ1v) is 9.31. The van der Waals surface area contributed by atoms with Crippen molar-refractivity contribution < 1.29 is 30.6 Å². The number of nitriles is 1. The summed E-state index contributed by atoms with van der Waals surface area (Å²) in [6.45, 7) is 0. The molecule has 0 spiro atoms. The number of para-hydroxylation sites is 2. The molecule has 0 aliphatic heterocycles. The second-order valence-corrected chi connectivity index (χ2v) is 6.68. The fourth-order valence-corrected chi connectivity index (χ4v) is 3.41. The maximum absolute atomic E-state index is 10.1. The van der Waals surface area contributed by atoms with Gasteiger partial charge in [0.25, 0.3) is 0 Å². The van der Waals surface area contributed by atoms with Gasteiger partial charge < -0.3 is 9.52 Å². The first-order valence-electron chi connectivity index (χ1n) is 9.31. The van der Waals surface area contributed by atoms with E-state index in [9.17, 15) is 10.4 Å². The molecule has 0 fully saturated rings. The number of hydrogen-bond acceptors (Lipinski definition) is 5. The van der Waals surface area contributed by atoms with Gasteiger partial charge in [0.15, 0.2) is 0 Å². The molecule has 5 rings (SSSR count). The summed E-state index contributed by atoms with van der Waals surface area (Å²) in [6.07, 6.45) is 1.66. The Morgan fingerprint density at radius 1 is 0.871 bits per heavy atom. The SMILES string of the molecule is N#Cc1cccnc1-c1[c-]c(-c2cccc3oc(-c4ccccc4O)nc23)ccc1.[Pt]. The minimum Gasteiger partial charge on any atom is -0.507 e. The zero-order valence-electron chi connectivity index (χ0n) is 16.0. The first-order chi connectivity index (χ1) is 14.7. The second-order valence-electron chi connectivity index (χ2n) is 6.68. The van der Waals surface area contributed by atoms with E-state index < -0.39 is 0 Å². The first kappa shape index (κ1) is 20.5. The van der Waals surface area contributed by atoms with E-state index in [1.54, 1.807) is 36.5 Å². The standard InChI is InChI=1S/C25H14N3O2.Pt/c26-15-18-8-5-13-27-23(18)17-7-3-6-16(14-17)19-10-4-12-22-24(19)28-25(30-22)20-9-1-2-11-21(20)29;/h1-13,29H;/q-1;. The molecule has 0 atom stereocenters. The number of pyridine rings is 1. The van der Waals surface area contributed by atoms with E-state index >= 15 is 0 Å². The maximum atomic E-state index is 10.1. The van der Waals surface area contributed by atoms with E-state index in [2.05, 4.69) is 22.1 Å². The average molecular weight is 583 g/mol. The summed E-state index contributed by atoms with van der Waals surface area (Å²) in [5.41, 5.74) is 5.27. The molecule has 31 heavy (non-hydrogen) atoms. The fourth-order valence-electron chi connectivity index (χ4n) is 3.41. The Morgan fingerprint density at radius 3 is 2.48 bits per heavy atom. The van der Waals surface area contributed by atoms with Crippen LogP contribution in [0, 0.1) is 17.4 Å². The van der Waals surface area contributed by atoms with Crippen molar-refractivity contribution in [2.75, 3.05) is 0 Å². The minimum atomic E-state index is 0. The van der Waals surface area contributed by atoms with Crippen LogP contribution in [0.5, 0.6) is 5.75 Å². The van der Waals surface area contributed by atoms with E-state index in [1.165, 1.54) is 0 Å². The Kier molecular flexibility index (Phi) is 5.66. The van der Waals surface area contributed by atoms with Crippen molar-refractivity contribution >= 4 is 11.1 Å². The molecule has 0 saturated carbocycles. The molecule has 2 heterocycles. The van der Waals surface area contributed by atoms with Crippen LogP contribution >= 0.6 is 0 Å². The average Bonchev–Trinajstić information content (AvgIpc) is 3.23. The minimum absolute atomic E-state index is 0. The number of benzene rings is 3. The van der Waals surface area contributed by atoms with Crippen molar-refractivity contribution in [3.63, 3.8) is 0 Å². The molecule has 0 aliphatic carbocycles. The zero-order valence-corrected chi connectivity index (χ0v) is 18.3. The monoisotopic (exact) mass is 583 g/mol. The molecule has 0 radical (unpaired) electrons. The van der Waals surface area contributed by atoms with Gasteiger partial charge >= 0.3 is 0 Å². The molecule has 3 aromatic carbocycles. The Labute approximate surface area is 192 Å². The molecular formula is C25H14N3O2Pt-. The maximum Gasteiger partial charge on any atom is 0.230 e. The number of phenolic OH excluding ortho intramolecular Hbond substituents is 1. The van der Waals surface area contributed by atoms with Crippen molar-refractivity contribution in [1.29, 1.82) is 5.26 Å². The third kappa shape index (κ3) is 3.74. The van der Waals surface area contributed by atoms with Crippen molar-refractivity contribution in [1.82, 2.24) is 9.97 Å². The summed E-state index contributed by atoms with van der Waals surface area (Å²) < 4.78 is 5.91. The molecule has 0 unspecified atom stereocenters. The van der Waals surface area contributed by atoms with Crippen LogP contribution in [0.3, 0.4) is 0 Å². The van der Waals surface area contributed by atoms with Gasteiger partial charge in [-0.2, -0.15) is 5.26 Å². The van der Waals surface area contributed by atoms with Gasteiger partial charge in [0.1, 0.15) is 11.3 Å². The van der Waals surface area contributed by atoms with Crippen LogP contribution in [0.1, 0.15) is 5.56 Å². The van der Waals surface area contributed by atoms with Crippen molar-refractivity contribution in [2.45, 2.75) is 0 Å². The summed E-state index contributed by atoms with van der Waals surface area (Å²) in [5, 5.41) is 19.5. The van der Waals surface area contributed by atoms with E-state index in [0.717, 1.165) is 16.7 Å². The number of rotatable bonds is 3. The third-order valence-electron chi connectivity index (χ3n) is 4.82. The van der Waals surface area contributed by atoms with Crippen LogP contribution in [0.2, 0.25) is 0 Å². The molecule has 0 bridgehead atoms. The van der Waals surface area contributed by atoms with Crippen molar-refractivity contribution in [2.24, 2.45) is 0 Å². The fraction of sp³-hybridized carbons (Fsp3) is 0. The van der Waals surface area contributed by atoms with Gasteiger partial charge in [0.2, 0.25) is 5.89 Å². The molecule has 2 aromatic heterocycles. The van der Waals surface area contributed by atoms with E-state index in [0.29, 0.717) is 33.8 Å². The molecule has 0 saturated heterocycles. The molecule has 5 aromatic rings. The number of fused-ring (bicyclic) bond motifs is 1. The number of phenols is 1. The Hall–Kier alpha value is -3.74. The molecule has 5 nitrogen and oxygen atoms in total. The summed E-state index contributed by atoms with van der Waals surface area (Å²) in [4.78, 5) is 9.00. The predicted molar refractivity (Wildman–Crippen MR) is 113 cm³/mol. The summed E-state index contributed by atoms with van der Waals surface area (Å²) in [5.74, 6) is 0.460. The van der Waals surface area contributed by atoms with Gasteiger partial charge in [-0.15, -0.1) is 29.8 Å². The van der Waals surface area contributed by atoms with Gasteiger partial charge in [0, 0.05) is 38.5 Å². The topological polar surface area (TPSA) is 82.9 Å². The number of hydrogen-bond donors (Lipinski definition) is 1. The van der Waals surface area contributed by atoms with Crippen molar-refractivity contribution in [3.8, 4) is 45.7 Å². The van der Waals surface area contributed by atoms with Gasteiger partial charge in [-0.05, 0) is 30.3 Å². The number of aromatic hydroxyl groups is 1. The number of oxazole rings is 1. The van der Waals surface area contributed by atoms with Crippen LogP contribution in [-0.2, 0) is 21.1 Å². The van der Waals surface area contributed by atoms with Crippen LogP contribution in [-0.4, -0.2) is 15.1 Å². The third-order valence-corrected chi connectivity index (χ3v) is 4.82. The van der Waals surface area contributed by atoms with Gasteiger partial charge in [-0.25, -0.2) is 4.98 Å². The molecule has 0 amide bonds. The summed E-state index contributed by atoms with van der Waals surface area (Å²) >= 11 is 0. The molecule has 152 valence electrons. The van der Waals surface area contributed by atoms with Gasteiger partial charge in [-0.1, -0.05) is 35.4 Å². The Balaban J connectivity index is 0.00000231. The second kappa shape index (κ2) is 8.55. The molecule has 6 heteroatoms. The summed E-state index contributed by atoms with van der Waals surface area (Å²) in [7, 11) is 0. The molecule has 0 aliphatic rings. The van der Waals surface area contributed by atoms with E-state index in [-0.39, 0.29) is 26.8 Å². The number of nitrogens with zero attached hydrogens (tertiary/aromatic N) is 3. The van der Waals surface area contributed by atoms with Crippen LogP contribution in [0.4, 0.5) is 0 Å². The molecular weight excluding hydrogens is 569 g/mol. The Bertz CT molecular complexity index is 1440. The van der Waals surface area contributed by atoms with Crippen molar-refractivity contribution in [3.05, 3.63) is 90.6 Å². The van der Waals surface area contributed by atoms with Crippen LogP contribution < -0.4 is 0 Å². The van der Waals surface area contributed by atoms with Gasteiger partial charge in [-0.3, -0.25) is 4.98 Å². The van der Waals surface area contributed by atoms with Crippen LogP contribution in [0.25, 0.3) is 44.9 Å². The van der Waals surface area contributed by atoms with Crippen LogP contribution in [0.15, 0.2) is 83.4 Å². The van der Waals surface area contributed by atoms with Gasteiger partial charge in [0.05, 0.1) is 17.1 Å².